The number of unbranched alkanes of at least 4 members (excludes halogenated alkanes) is 1. The van der Waals surface area contributed by atoms with Crippen LogP contribution in [0.25, 0.3) is 0 Å². The van der Waals surface area contributed by atoms with Crippen LogP contribution in [0.1, 0.15) is 26.2 Å². The maximum atomic E-state index is 5.61. The van der Waals surface area contributed by atoms with Gasteiger partial charge >= 0.3 is 0 Å². The average molecular weight is 139 g/mol. The summed E-state index contributed by atoms with van der Waals surface area (Å²) in [6.45, 7) is 2.77. The van der Waals surface area contributed by atoms with Crippen LogP contribution < -0.4 is 5.73 Å². The van der Waals surface area contributed by atoms with Gasteiger partial charge in [-0.25, -0.2) is 0 Å². The Morgan fingerprint density at radius 1 is 1.60 bits per heavy atom. The van der Waals surface area contributed by atoms with Gasteiger partial charge in [0.1, 0.15) is 6.54 Å². The number of hydrogen-bond donors (Lipinski definition) is 1. The van der Waals surface area contributed by atoms with Gasteiger partial charge in [-0.05, 0) is 12.8 Å². The Labute approximate surface area is 61.0 Å². The summed E-state index contributed by atoms with van der Waals surface area (Å²) in [5, 5.41) is 7.76. The Morgan fingerprint density at radius 3 is 2.90 bits per heavy atom. The van der Waals surface area contributed by atoms with Crippen molar-refractivity contribution in [3.63, 3.8) is 0 Å². The zero-order valence-electron chi connectivity index (χ0n) is 6.30. The minimum absolute atomic E-state index is 0.610. The molecule has 0 aromatic heterocycles. The highest BCUT2D eigenvalue weighted by Gasteiger charge is 2.06. The van der Waals surface area contributed by atoms with Crippen LogP contribution in [0.15, 0.2) is 21.6 Å². The highest BCUT2D eigenvalue weighted by Crippen LogP contribution is 2.16. The summed E-state index contributed by atoms with van der Waals surface area (Å²) in [6.07, 6.45) is 3.34. The molecule has 0 unspecified atom stereocenters. The summed E-state index contributed by atoms with van der Waals surface area (Å²) in [4.78, 5) is 0. The van der Waals surface area contributed by atoms with Gasteiger partial charge in [0, 0.05) is 0 Å². The largest absolute Gasteiger partial charge is 0.399 e. The first kappa shape index (κ1) is 7.25. The highest BCUT2D eigenvalue weighted by molar-refractivity contribution is 5.13. The molecule has 2 N–H and O–H groups in total. The number of allylic oxidation sites excluding steroid dienone is 1. The third kappa shape index (κ3) is 1.56. The van der Waals surface area contributed by atoms with Gasteiger partial charge in [-0.3, -0.25) is 0 Å². The van der Waals surface area contributed by atoms with E-state index in [0.29, 0.717) is 6.54 Å². The van der Waals surface area contributed by atoms with Gasteiger partial charge in [0.15, 0.2) is 0 Å². The summed E-state index contributed by atoms with van der Waals surface area (Å²) >= 11 is 0. The van der Waals surface area contributed by atoms with Crippen LogP contribution in [0.4, 0.5) is 0 Å². The van der Waals surface area contributed by atoms with Crippen LogP contribution in [0.5, 0.6) is 0 Å². The third-order valence-corrected chi connectivity index (χ3v) is 1.57. The number of azo groups is 1. The van der Waals surface area contributed by atoms with Crippen molar-refractivity contribution in [2.75, 3.05) is 6.54 Å². The Balaban J connectivity index is 2.38. The molecule has 10 heavy (non-hydrogen) atoms. The standard InChI is InChI=1S/C7H13N3/c1-2-3-4-7-6(8)5-9-10-7/h2-5,8H2,1H3. The molecule has 1 aliphatic rings. The van der Waals surface area contributed by atoms with E-state index in [1.807, 2.05) is 0 Å². The van der Waals surface area contributed by atoms with E-state index in [4.69, 9.17) is 5.73 Å². The van der Waals surface area contributed by atoms with Crippen LogP contribution in [-0.4, -0.2) is 6.54 Å². The molecule has 0 saturated carbocycles. The number of rotatable bonds is 3. The molecule has 0 amide bonds. The lowest BCUT2D eigenvalue weighted by molar-refractivity contribution is 0.774. The van der Waals surface area contributed by atoms with Crippen molar-refractivity contribution < 1.29 is 0 Å². The van der Waals surface area contributed by atoms with Crippen LogP contribution in [0, 0.1) is 0 Å². The molecule has 0 fully saturated rings. The normalized spacial score (nSPS) is 16.9. The lowest BCUT2D eigenvalue weighted by Gasteiger charge is -1.95. The van der Waals surface area contributed by atoms with Crippen molar-refractivity contribution in [3.8, 4) is 0 Å². The Hall–Kier alpha value is -0.860. The molecular weight excluding hydrogens is 126 g/mol. The van der Waals surface area contributed by atoms with Crippen molar-refractivity contribution in [1.82, 2.24) is 0 Å². The van der Waals surface area contributed by atoms with E-state index in [0.717, 1.165) is 24.2 Å². The maximum absolute atomic E-state index is 5.61. The molecule has 0 aliphatic carbocycles. The topological polar surface area (TPSA) is 50.7 Å². The first-order chi connectivity index (χ1) is 4.84. The van der Waals surface area contributed by atoms with Crippen molar-refractivity contribution in [2.45, 2.75) is 26.2 Å². The van der Waals surface area contributed by atoms with Gasteiger partial charge < -0.3 is 5.73 Å². The van der Waals surface area contributed by atoms with Gasteiger partial charge in [-0.2, -0.15) is 10.2 Å². The minimum Gasteiger partial charge on any atom is -0.399 e. The second-order valence-corrected chi connectivity index (χ2v) is 2.48. The van der Waals surface area contributed by atoms with E-state index in [1.54, 1.807) is 0 Å². The zero-order valence-corrected chi connectivity index (χ0v) is 6.30. The molecule has 0 atom stereocenters. The Morgan fingerprint density at radius 2 is 2.40 bits per heavy atom. The number of nitrogens with two attached hydrogens (primary N) is 1. The van der Waals surface area contributed by atoms with Gasteiger partial charge in [0.25, 0.3) is 0 Å². The fraction of sp³-hybridized carbons (Fsp3) is 0.714. The first-order valence-electron chi connectivity index (χ1n) is 3.69. The second-order valence-electron chi connectivity index (χ2n) is 2.48. The van der Waals surface area contributed by atoms with E-state index in [-0.39, 0.29) is 0 Å². The fourth-order valence-electron chi connectivity index (χ4n) is 0.907. The van der Waals surface area contributed by atoms with Crippen LogP contribution in [-0.2, 0) is 0 Å². The summed E-state index contributed by atoms with van der Waals surface area (Å²) in [5.41, 5.74) is 7.47. The molecule has 56 valence electrons. The van der Waals surface area contributed by atoms with Crippen molar-refractivity contribution in [2.24, 2.45) is 16.0 Å². The van der Waals surface area contributed by atoms with Crippen molar-refractivity contribution in [1.29, 1.82) is 0 Å². The maximum Gasteiger partial charge on any atom is 0.102 e. The van der Waals surface area contributed by atoms with Gasteiger partial charge in [-0.1, -0.05) is 13.3 Å². The predicted molar refractivity (Wildman–Crippen MR) is 40.5 cm³/mol. The van der Waals surface area contributed by atoms with Crippen LogP contribution in [0.2, 0.25) is 0 Å². The van der Waals surface area contributed by atoms with E-state index in [2.05, 4.69) is 17.2 Å². The van der Waals surface area contributed by atoms with Crippen molar-refractivity contribution in [3.05, 3.63) is 11.4 Å². The Bertz CT molecular complexity index is 170. The van der Waals surface area contributed by atoms with E-state index < -0.39 is 0 Å². The molecule has 0 radical (unpaired) electrons. The summed E-state index contributed by atoms with van der Waals surface area (Å²) in [7, 11) is 0. The highest BCUT2D eigenvalue weighted by atomic mass is 15.1. The minimum atomic E-state index is 0.610. The van der Waals surface area contributed by atoms with Gasteiger partial charge in [0.2, 0.25) is 0 Å². The van der Waals surface area contributed by atoms with E-state index >= 15 is 0 Å². The first-order valence-corrected chi connectivity index (χ1v) is 3.69. The molecule has 1 aliphatic heterocycles. The summed E-state index contributed by atoms with van der Waals surface area (Å²) in [6, 6.07) is 0. The van der Waals surface area contributed by atoms with E-state index in [9.17, 15) is 0 Å². The molecule has 0 spiro atoms. The van der Waals surface area contributed by atoms with Gasteiger partial charge in [0.05, 0.1) is 11.4 Å². The smallest absolute Gasteiger partial charge is 0.102 e. The molecule has 3 heteroatoms. The summed E-state index contributed by atoms with van der Waals surface area (Å²) < 4.78 is 0. The molecule has 0 saturated heterocycles. The molecular formula is C7H13N3. The monoisotopic (exact) mass is 139 g/mol. The summed E-state index contributed by atoms with van der Waals surface area (Å²) in [5.74, 6) is 0. The average Bonchev–Trinajstić information content (AvgIpc) is 2.31. The molecule has 1 heterocycles. The van der Waals surface area contributed by atoms with Crippen LogP contribution in [0.3, 0.4) is 0 Å². The fourth-order valence-corrected chi connectivity index (χ4v) is 0.907. The zero-order chi connectivity index (χ0) is 7.40. The number of nitrogens with zero attached hydrogens (tertiary/aromatic N) is 2. The van der Waals surface area contributed by atoms with Crippen molar-refractivity contribution >= 4 is 0 Å². The number of hydrogen-bond acceptors (Lipinski definition) is 3. The molecule has 0 aromatic rings. The van der Waals surface area contributed by atoms with E-state index in [1.165, 1.54) is 6.42 Å². The lowest BCUT2D eigenvalue weighted by atomic mass is 10.2. The SMILES string of the molecule is CCCCC1=C(N)CN=N1. The Kier molecular flexibility index (Phi) is 2.42. The van der Waals surface area contributed by atoms with Crippen LogP contribution >= 0.6 is 0 Å². The molecule has 3 nitrogen and oxygen atoms in total. The second kappa shape index (κ2) is 3.34. The third-order valence-electron chi connectivity index (χ3n) is 1.57. The quantitative estimate of drug-likeness (QED) is 0.637. The van der Waals surface area contributed by atoms with Gasteiger partial charge in [-0.15, -0.1) is 0 Å². The lowest BCUT2D eigenvalue weighted by Crippen LogP contribution is -2.00. The molecule has 1 rings (SSSR count). The molecule has 0 aromatic carbocycles. The molecule has 0 bridgehead atoms. The predicted octanol–water partition coefficient (Wildman–Crippen LogP) is 1.81.